The van der Waals surface area contributed by atoms with Crippen LogP contribution in [0, 0.1) is 0 Å². The van der Waals surface area contributed by atoms with Crippen molar-refractivity contribution >= 4 is 15.9 Å². The molecule has 1 aliphatic heterocycles. The molecular formula is C14H20BrNO2. The number of rotatable bonds is 4. The van der Waals surface area contributed by atoms with Crippen LogP contribution in [0.1, 0.15) is 36.9 Å². The molecule has 1 heterocycles. The molecule has 1 aliphatic rings. The summed E-state index contributed by atoms with van der Waals surface area (Å²) < 4.78 is 12.0. The van der Waals surface area contributed by atoms with Gasteiger partial charge in [0.15, 0.2) is 11.5 Å². The zero-order valence-corrected chi connectivity index (χ0v) is 12.8. The molecule has 0 spiro atoms. The lowest BCUT2D eigenvalue weighted by Gasteiger charge is -2.21. The van der Waals surface area contributed by atoms with E-state index in [1.165, 1.54) is 24.0 Å². The summed E-state index contributed by atoms with van der Waals surface area (Å²) in [5.74, 6) is 1.65. The minimum absolute atomic E-state index is 0.441. The van der Waals surface area contributed by atoms with E-state index in [1.54, 1.807) is 14.2 Å². The molecule has 1 aromatic carbocycles. The Morgan fingerprint density at radius 1 is 1.33 bits per heavy atom. The van der Waals surface area contributed by atoms with E-state index in [2.05, 4.69) is 34.2 Å². The SMILES string of the molecule is CCc1c(C2CCCN2)cc(Br)c(OC)c1OC. The van der Waals surface area contributed by atoms with Gasteiger partial charge in [-0.1, -0.05) is 6.92 Å². The number of methoxy groups -OCH3 is 2. The Balaban J connectivity index is 2.55. The Labute approximate surface area is 117 Å². The highest BCUT2D eigenvalue weighted by molar-refractivity contribution is 9.10. The van der Waals surface area contributed by atoms with Crippen molar-refractivity contribution in [2.24, 2.45) is 0 Å². The first-order valence-electron chi connectivity index (χ1n) is 6.39. The number of benzene rings is 1. The summed E-state index contributed by atoms with van der Waals surface area (Å²) in [6, 6.07) is 2.61. The molecule has 1 fully saturated rings. The van der Waals surface area contributed by atoms with Gasteiger partial charge in [-0.2, -0.15) is 0 Å². The van der Waals surface area contributed by atoms with E-state index >= 15 is 0 Å². The fourth-order valence-corrected chi connectivity index (χ4v) is 3.29. The van der Waals surface area contributed by atoms with Gasteiger partial charge in [-0.15, -0.1) is 0 Å². The second-order valence-electron chi connectivity index (χ2n) is 4.50. The highest BCUT2D eigenvalue weighted by Crippen LogP contribution is 2.43. The van der Waals surface area contributed by atoms with Crippen molar-refractivity contribution in [3.8, 4) is 11.5 Å². The van der Waals surface area contributed by atoms with Gasteiger partial charge in [0.25, 0.3) is 0 Å². The van der Waals surface area contributed by atoms with Gasteiger partial charge in [0, 0.05) is 11.6 Å². The predicted octanol–water partition coefficient (Wildman–Crippen LogP) is 3.45. The van der Waals surface area contributed by atoms with Gasteiger partial charge in [0.05, 0.1) is 18.7 Å². The molecule has 1 aromatic rings. The third-order valence-corrected chi connectivity index (χ3v) is 4.11. The molecule has 18 heavy (non-hydrogen) atoms. The lowest BCUT2D eigenvalue weighted by atomic mass is 9.96. The first-order chi connectivity index (χ1) is 8.72. The van der Waals surface area contributed by atoms with Crippen LogP contribution in [0.5, 0.6) is 11.5 Å². The molecule has 1 atom stereocenters. The lowest BCUT2D eigenvalue weighted by Crippen LogP contribution is -2.15. The van der Waals surface area contributed by atoms with Crippen LogP contribution in [-0.4, -0.2) is 20.8 Å². The summed E-state index contributed by atoms with van der Waals surface area (Å²) in [5.41, 5.74) is 2.58. The Morgan fingerprint density at radius 2 is 2.06 bits per heavy atom. The maximum Gasteiger partial charge on any atom is 0.175 e. The van der Waals surface area contributed by atoms with Crippen LogP contribution in [0.2, 0.25) is 0 Å². The second-order valence-corrected chi connectivity index (χ2v) is 5.35. The quantitative estimate of drug-likeness (QED) is 0.923. The third-order valence-electron chi connectivity index (χ3n) is 3.53. The molecule has 3 nitrogen and oxygen atoms in total. The smallest absolute Gasteiger partial charge is 0.175 e. The molecule has 1 saturated heterocycles. The van der Waals surface area contributed by atoms with Gasteiger partial charge in [-0.05, 0) is 53.4 Å². The number of hydrogen-bond acceptors (Lipinski definition) is 3. The average Bonchev–Trinajstić information content (AvgIpc) is 2.90. The fraction of sp³-hybridized carbons (Fsp3) is 0.571. The molecule has 1 unspecified atom stereocenters. The first-order valence-corrected chi connectivity index (χ1v) is 7.18. The van der Waals surface area contributed by atoms with E-state index in [-0.39, 0.29) is 0 Å². The molecule has 1 N–H and O–H groups in total. The topological polar surface area (TPSA) is 30.5 Å². The van der Waals surface area contributed by atoms with Crippen molar-refractivity contribution in [3.05, 3.63) is 21.7 Å². The van der Waals surface area contributed by atoms with Gasteiger partial charge >= 0.3 is 0 Å². The van der Waals surface area contributed by atoms with E-state index in [9.17, 15) is 0 Å². The van der Waals surface area contributed by atoms with Crippen molar-refractivity contribution in [1.29, 1.82) is 0 Å². The van der Waals surface area contributed by atoms with Crippen molar-refractivity contribution < 1.29 is 9.47 Å². The van der Waals surface area contributed by atoms with Crippen LogP contribution < -0.4 is 14.8 Å². The van der Waals surface area contributed by atoms with Crippen LogP contribution in [0.3, 0.4) is 0 Å². The number of halogens is 1. The Hall–Kier alpha value is -0.740. The Kier molecular flexibility index (Phi) is 4.51. The summed E-state index contributed by atoms with van der Waals surface area (Å²) in [6.07, 6.45) is 3.37. The predicted molar refractivity (Wildman–Crippen MR) is 76.6 cm³/mol. The Bertz CT molecular complexity index is 428. The zero-order chi connectivity index (χ0) is 13.1. The molecule has 4 heteroatoms. The van der Waals surface area contributed by atoms with Crippen molar-refractivity contribution in [2.75, 3.05) is 20.8 Å². The molecule has 2 rings (SSSR count). The summed E-state index contributed by atoms with van der Waals surface area (Å²) in [7, 11) is 3.38. The van der Waals surface area contributed by atoms with E-state index in [1.807, 2.05) is 0 Å². The molecule has 0 saturated carbocycles. The van der Waals surface area contributed by atoms with Gasteiger partial charge in [-0.3, -0.25) is 0 Å². The fourth-order valence-electron chi connectivity index (χ4n) is 2.70. The van der Waals surface area contributed by atoms with Crippen LogP contribution in [0.15, 0.2) is 10.5 Å². The largest absolute Gasteiger partial charge is 0.493 e. The van der Waals surface area contributed by atoms with Gasteiger partial charge < -0.3 is 14.8 Å². The zero-order valence-electron chi connectivity index (χ0n) is 11.2. The molecule has 0 aromatic heterocycles. The minimum Gasteiger partial charge on any atom is -0.493 e. The van der Waals surface area contributed by atoms with Gasteiger partial charge in [0.2, 0.25) is 0 Å². The van der Waals surface area contributed by atoms with Crippen LogP contribution >= 0.6 is 15.9 Å². The van der Waals surface area contributed by atoms with E-state index in [0.29, 0.717) is 6.04 Å². The first kappa shape index (κ1) is 13.7. The highest BCUT2D eigenvalue weighted by Gasteiger charge is 2.24. The Morgan fingerprint density at radius 3 is 2.56 bits per heavy atom. The third kappa shape index (κ3) is 2.36. The number of ether oxygens (including phenoxy) is 2. The molecule has 100 valence electrons. The van der Waals surface area contributed by atoms with Gasteiger partial charge in [0.1, 0.15) is 0 Å². The maximum atomic E-state index is 5.56. The number of nitrogens with one attached hydrogen (secondary N) is 1. The second kappa shape index (κ2) is 5.93. The van der Waals surface area contributed by atoms with Crippen LogP contribution in [-0.2, 0) is 6.42 Å². The molecular weight excluding hydrogens is 294 g/mol. The van der Waals surface area contributed by atoms with Gasteiger partial charge in [-0.25, -0.2) is 0 Å². The number of hydrogen-bond donors (Lipinski definition) is 1. The van der Waals surface area contributed by atoms with Crippen LogP contribution in [0.4, 0.5) is 0 Å². The maximum absolute atomic E-state index is 5.56. The van der Waals surface area contributed by atoms with Crippen LogP contribution in [0.25, 0.3) is 0 Å². The monoisotopic (exact) mass is 313 g/mol. The summed E-state index contributed by atoms with van der Waals surface area (Å²) in [6.45, 7) is 3.25. The molecule has 0 amide bonds. The molecule has 0 radical (unpaired) electrons. The standard InChI is InChI=1S/C14H20BrNO2/c1-4-9-10(12-6-5-7-16-12)8-11(15)14(18-3)13(9)17-2/h8,12,16H,4-7H2,1-3H3. The normalized spacial score (nSPS) is 19.0. The average molecular weight is 314 g/mol. The highest BCUT2D eigenvalue weighted by atomic mass is 79.9. The molecule has 0 aliphatic carbocycles. The van der Waals surface area contributed by atoms with Crippen molar-refractivity contribution in [2.45, 2.75) is 32.2 Å². The summed E-state index contributed by atoms with van der Waals surface area (Å²) in [4.78, 5) is 0. The minimum atomic E-state index is 0.441. The lowest BCUT2D eigenvalue weighted by molar-refractivity contribution is 0.349. The van der Waals surface area contributed by atoms with E-state index in [0.717, 1.165) is 28.9 Å². The van der Waals surface area contributed by atoms with E-state index in [4.69, 9.17) is 9.47 Å². The molecule has 0 bridgehead atoms. The summed E-state index contributed by atoms with van der Waals surface area (Å²) in [5, 5.41) is 3.55. The van der Waals surface area contributed by atoms with Crippen molar-refractivity contribution in [1.82, 2.24) is 5.32 Å². The van der Waals surface area contributed by atoms with E-state index < -0.39 is 0 Å². The van der Waals surface area contributed by atoms with Crippen molar-refractivity contribution in [3.63, 3.8) is 0 Å². The summed E-state index contributed by atoms with van der Waals surface area (Å²) >= 11 is 3.58.